The van der Waals surface area contributed by atoms with Crippen molar-refractivity contribution in [3.8, 4) is 5.75 Å². The van der Waals surface area contributed by atoms with E-state index in [1.54, 1.807) is 30.5 Å². The first-order chi connectivity index (χ1) is 16.4. The van der Waals surface area contributed by atoms with Gasteiger partial charge in [0.05, 0.1) is 20.2 Å². The number of ether oxygens (including phenoxy) is 1. The van der Waals surface area contributed by atoms with Gasteiger partial charge < -0.3 is 20.4 Å². The highest BCUT2D eigenvalue weighted by molar-refractivity contribution is 7.98. The number of aromatic amines is 1. The zero-order valence-electron chi connectivity index (χ0n) is 21.5. The van der Waals surface area contributed by atoms with E-state index in [2.05, 4.69) is 43.4 Å². The molecule has 1 atom stereocenters. The number of fused-ring (bicyclic) bond motifs is 4. The fourth-order valence-electron chi connectivity index (χ4n) is 4.84. The van der Waals surface area contributed by atoms with Crippen LogP contribution in [-0.4, -0.2) is 70.4 Å². The first-order valence-corrected chi connectivity index (χ1v) is 13.7. The molecule has 4 rings (SSSR count). The molecule has 2 aromatic carbocycles. The van der Waals surface area contributed by atoms with E-state index in [0.717, 1.165) is 41.8 Å². The largest absolute Gasteiger partial charge is 0.491 e. The van der Waals surface area contributed by atoms with Crippen LogP contribution < -0.4 is 10.5 Å². The molecule has 0 amide bonds. The Labute approximate surface area is 208 Å². The van der Waals surface area contributed by atoms with E-state index < -0.39 is 15.1 Å². The zero-order chi connectivity index (χ0) is 25.7. The average molecular weight is 497 g/mol. The number of ketones is 1. The van der Waals surface area contributed by atoms with Gasteiger partial charge in [0, 0.05) is 39.8 Å². The minimum Gasteiger partial charge on any atom is -0.491 e. The van der Waals surface area contributed by atoms with Crippen molar-refractivity contribution in [2.45, 2.75) is 38.0 Å². The topological polar surface area (TPSA) is 91.7 Å². The number of benzene rings is 2. The molecule has 35 heavy (non-hydrogen) atoms. The van der Waals surface area contributed by atoms with Crippen LogP contribution in [0.15, 0.2) is 35.2 Å². The van der Waals surface area contributed by atoms with E-state index in [-0.39, 0.29) is 5.78 Å². The molecule has 3 aromatic rings. The second-order valence-electron chi connectivity index (χ2n) is 9.81. The lowest BCUT2D eigenvalue weighted by Gasteiger charge is -2.33. The molecule has 7 nitrogen and oxygen atoms in total. The molecule has 0 saturated carbocycles. The first kappa shape index (κ1) is 25.3. The van der Waals surface area contributed by atoms with Gasteiger partial charge in [-0.3, -0.25) is 4.79 Å². The monoisotopic (exact) mass is 496 g/mol. The Hall–Kier alpha value is -2.81. The van der Waals surface area contributed by atoms with E-state index in [0.29, 0.717) is 34.1 Å². The van der Waals surface area contributed by atoms with Gasteiger partial charge in [0.15, 0.2) is 5.78 Å². The van der Waals surface area contributed by atoms with Gasteiger partial charge in [-0.05, 0) is 62.9 Å². The Morgan fingerprint density at radius 1 is 1.14 bits per heavy atom. The number of nitrogens with one attached hydrogen (secondary N) is 1. The van der Waals surface area contributed by atoms with Gasteiger partial charge in [-0.25, -0.2) is 8.51 Å². The minimum atomic E-state index is -2.86. The van der Waals surface area contributed by atoms with E-state index in [4.69, 9.17) is 10.5 Å². The normalized spacial score (nSPS) is 16.4. The van der Waals surface area contributed by atoms with Gasteiger partial charge >= 0.3 is 0 Å². The fourth-order valence-corrected chi connectivity index (χ4v) is 5.96. The van der Waals surface area contributed by atoms with Crippen LogP contribution in [0, 0.1) is 0 Å². The van der Waals surface area contributed by atoms with E-state index in [1.165, 1.54) is 0 Å². The van der Waals surface area contributed by atoms with E-state index >= 15 is 0 Å². The van der Waals surface area contributed by atoms with Crippen LogP contribution in [0.2, 0.25) is 0 Å². The standard InChI is InChI=1S/C27H36N4O3S/c1-8-31(9-2)12-13-34-22-16-20-19(15-23(22)35(7,33)30(5)6)25(32)24-18-11-10-17(28)14-21(18)29-26(24)27(20,3)4/h10-11,14-16,29H,7-9,12-13,28H2,1-6H3. The Morgan fingerprint density at radius 3 is 2.46 bits per heavy atom. The number of nitrogens with two attached hydrogens (primary N) is 1. The number of rotatable bonds is 8. The molecule has 0 spiro atoms. The lowest BCUT2D eigenvalue weighted by molar-refractivity contribution is 0.103. The third-order valence-electron chi connectivity index (χ3n) is 7.17. The van der Waals surface area contributed by atoms with Crippen molar-refractivity contribution in [1.82, 2.24) is 14.2 Å². The van der Waals surface area contributed by atoms with Gasteiger partial charge in [-0.2, -0.15) is 0 Å². The molecular weight excluding hydrogens is 460 g/mol. The molecule has 0 radical (unpaired) electrons. The maximum atomic E-state index is 13.9. The molecule has 0 aliphatic heterocycles. The van der Waals surface area contributed by atoms with Crippen LogP contribution in [0.1, 0.15) is 54.9 Å². The van der Waals surface area contributed by atoms with Crippen LogP contribution >= 0.6 is 0 Å². The fraction of sp³-hybridized carbons (Fsp3) is 0.407. The summed E-state index contributed by atoms with van der Waals surface area (Å²) >= 11 is 0. The number of nitrogens with zero attached hydrogens (tertiary/aromatic N) is 2. The lowest BCUT2D eigenvalue weighted by Crippen LogP contribution is -2.32. The summed E-state index contributed by atoms with van der Waals surface area (Å²) in [6.45, 7) is 11.4. The number of carbonyl (C=O) groups excluding carboxylic acids is 1. The van der Waals surface area contributed by atoms with Crippen molar-refractivity contribution < 1.29 is 13.7 Å². The summed E-state index contributed by atoms with van der Waals surface area (Å²) in [5.74, 6) is 4.42. The molecule has 8 heteroatoms. The second-order valence-corrected chi connectivity index (χ2v) is 12.3. The highest BCUT2D eigenvalue weighted by atomic mass is 32.2. The number of aromatic nitrogens is 1. The maximum Gasteiger partial charge on any atom is 0.195 e. The van der Waals surface area contributed by atoms with Crippen LogP contribution in [-0.2, 0) is 15.1 Å². The molecule has 1 heterocycles. The van der Waals surface area contributed by atoms with E-state index in [1.807, 2.05) is 18.2 Å². The van der Waals surface area contributed by atoms with Crippen LogP contribution in [0.3, 0.4) is 0 Å². The lowest BCUT2D eigenvalue weighted by atomic mass is 9.71. The Kier molecular flexibility index (Phi) is 6.51. The van der Waals surface area contributed by atoms with Crippen LogP contribution in [0.4, 0.5) is 5.69 Å². The van der Waals surface area contributed by atoms with Crippen molar-refractivity contribution in [2.24, 2.45) is 0 Å². The third-order valence-corrected chi connectivity index (χ3v) is 9.36. The highest BCUT2D eigenvalue weighted by Gasteiger charge is 2.41. The molecule has 188 valence electrons. The summed E-state index contributed by atoms with van der Waals surface area (Å²) in [5, 5.41) is 0.835. The van der Waals surface area contributed by atoms with Crippen molar-refractivity contribution in [2.75, 3.05) is 46.1 Å². The molecule has 1 aliphatic rings. The Bertz CT molecular complexity index is 1400. The van der Waals surface area contributed by atoms with Gasteiger partial charge in [-0.1, -0.05) is 33.8 Å². The third kappa shape index (κ3) is 4.13. The average Bonchev–Trinajstić information content (AvgIpc) is 3.20. The Balaban J connectivity index is 1.90. The Morgan fingerprint density at radius 2 is 1.83 bits per heavy atom. The zero-order valence-corrected chi connectivity index (χ0v) is 22.3. The summed E-state index contributed by atoms with van der Waals surface area (Å²) in [6, 6.07) is 9.17. The summed E-state index contributed by atoms with van der Waals surface area (Å²) in [5.41, 5.74) is 9.81. The van der Waals surface area contributed by atoms with Gasteiger partial charge in [0.1, 0.15) is 12.4 Å². The SMILES string of the molecule is C=S(=O)(c1cc2c(cc1OCCN(CC)CC)C(C)(C)c1[nH]c3cc(N)ccc3c1C2=O)N(C)C. The smallest absolute Gasteiger partial charge is 0.195 e. The van der Waals surface area contributed by atoms with Gasteiger partial charge in [-0.15, -0.1) is 0 Å². The van der Waals surface area contributed by atoms with Crippen molar-refractivity contribution in [3.63, 3.8) is 0 Å². The summed E-state index contributed by atoms with van der Waals surface area (Å²) < 4.78 is 21.5. The van der Waals surface area contributed by atoms with Crippen molar-refractivity contribution >= 4 is 38.0 Å². The quantitative estimate of drug-likeness (QED) is 0.365. The number of hydrogen-bond donors (Lipinski definition) is 2. The van der Waals surface area contributed by atoms with Crippen LogP contribution in [0.25, 0.3) is 10.9 Å². The molecule has 0 saturated heterocycles. The van der Waals surface area contributed by atoms with Crippen molar-refractivity contribution in [3.05, 3.63) is 52.7 Å². The predicted molar refractivity (Wildman–Crippen MR) is 145 cm³/mol. The number of anilines is 1. The first-order valence-electron chi connectivity index (χ1n) is 12.0. The van der Waals surface area contributed by atoms with Crippen LogP contribution in [0.5, 0.6) is 5.75 Å². The number of nitrogen functional groups attached to an aromatic ring is 1. The number of H-pyrrole nitrogens is 1. The molecule has 0 bridgehead atoms. The number of hydrogen-bond acceptors (Lipinski definition) is 5. The molecule has 1 aromatic heterocycles. The number of carbonyl (C=O) groups is 1. The van der Waals surface area contributed by atoms with Gasteiger partial charge in [0.25, 0.3) is 0 Å². The summed E-state index contributed by atoms with van der Waals surface area (Å²) in [4.78, 5) is 20.0. The molecule has 3 N–H and O–H groups in total. The predicted octanol–water partition coefficient (Wildman–Crippen LogP) is 3.89. The summed E-state index contributed by atoms with van der Waals surface area (Å²) in [6.07, 6.45) is 0. The molecule has 0 fully saturated rings. The maximum absolute atomic E-state index is 13.9. The van der Waals surface area contributed by atoms with E-state index in [9.17, 15) is 9.00 Å². The molecule has 1 aliphatic carbocycles. The highest BCUT2D eigenvalue weighted by Crippen LogP contribution is 2.46. The number of likely N-dealkylation sites (N-methyl/N-ethyl adjacent to an activating group) is 1. The molecular formula is C27H36N4O3S. The minimum absolute atomic E-state index is 0.102. The second kappa shape index (κ2) is 9.00. The molecule has 1 unspecified atom stereocenters. The van der Waals surface area contributed by atoms with Gasteiger partial charge in [0.2, 0.25) is 0 Å². The van der Waals surface area contributed by atoms with Crippen molar-refractivity contribution in [1.29, 1.82) is 0 Å². The summed E-state index contributed by atoms with van der Waals surface area (Å²) in [7, 11) is 0.592.